The predicted molar refractivity (Wildman–Crippen MR) is 79.5 cm³/mol. The van der Waals surface area contributed by atoms with Crippen molar-refractivity contribution in [3.05, 3.63) is 18.0 Å². The molecule has 2 unspecified atom stereocenters. The number of carbonyl (C=O) groups is 1. The second kappa shape index (κ2) is 6.90. The zero-order valence-corrected chi connectivity index (χ0v) is 13.4. The third-order valence-electron chi connectivity index (χ3n) is 4.59. The van der Waals surface area contributed by atoms with Gasteiger partial charge in [0, 0.05) is 19.3 Å². The molecule has 1 aliphatic heterocycles. The van der Waals surface area contributed by atoms with Gasteiger partial charge in [-0.05, 0) is 24.8 Å². The number of likely N-dealkylation sites (tertiary alicyclic amines) is 1. The fourth-order valence-corrected chi connectivity index (χ4v) is 2.75. The summed E-state index contributed by atoms with van der Waals surface area (Å²) < 4.78 is 39.1. The molecule has 0 radical (unpaired) electrons. The summed E-state index contributed by atoms with van der Waals surface area (Å²) in [5.74, 6) is 0.0370. The van der Waals surface area contributed by atoms with Crippen molar-refractivity contribution < 1.29 is 18.0 Å². The SMILES string of the molecule is CCC(C)C(N)C(=O)N1CCC(n2ccc(C(F)(F)F)n2)CC1. The van der Waals surface area contributed by atoms with Crippen molar-refractivity contribution in [1.29, 1.82) is 0 Å². The average molecular weight is 332 g/mol. The van der Waals surface area contributed by atoms with Crippen LogP contribution in [0.15, 0.2) is 12.3 Å². The summed E-state index contributed by atoms with van der Waals surface area (Å²) in [6.45, 7) is 4.92. The number of halogens is 3. The van der Waals surface area contributed by atoms with E-state index in [1.165, 1.54) is 10.9 Å². The van der Waals surface area contributed by atoms with Crippen molar-refractivity contribution in [2.75, 3.05) is 13.1 Å². The first kappa shape index (κ1) is 17.8. The fourth-order valence-electron chi connectivity index (χ4n) is 2.75. The Balaban J connectivity index is 1.93. The normalized spacial score (nSPS) is 19.7. The van der Waals surface area contributed by atoms with Crippen LogP contribution >= 0.6 is 0 Å². The quantitative estimate of drug-likeness (QED) is 0.921. The molecule has 2 N–H and O–H groups in total. The van der Waals surface area contributed by atoms with Gasteiger partial charge in [0.1, 0.15) is 0 Å². The summed E-state index contributed by atoms with van der Waals surface area (Å²) >= 11 is 0. The number of rotatable bonds is 4. The van der Waals surface area contributed by atoms with Gasteiger partial charge in [0.2, 0.25) is 5.91 Å². The fraction of sp³-hybridized carbons (Fsp3) is 0.733. The zero-order valence-electron chi connectivity index (χ0n) is 13.4. The number of aromatic nitrogens is 2. The lowest BCUT2D eigenvalue weighted by molar-refractivity contribution is -0.141. The Morgan fingerprint density at radius 3 is 2.52 bits per heavy atom. The summed E-state index contributed by atoms with van der Waals surface area (Å²) in [7, 11) is 0. The van der Waals surface area contributed by atoms with Crippen LogP contribution in [-0.4, -0.2) is 39.7 Å². The van der Waals surface area contributed by atoms with E-state index in [4.69, 9.17) is 5.73 Å². The lowest BCUT2D eigenvalue weighted by Gasteiger charge is -2.34. The second-order valence-electron chi connectivity index (χ2n) is 6.15. The van der Waals surface area contributed by atoms with Crippen LogP contribution in [0.4, 0.5) is 13.2 Å². The highest BCUT2D eigenvalue weighted by Gasteiger charge is 2.35. The van der Waals surface area contributed by atoms with Crippen molar-refractivity contribution in [3.63, 3.8) is 0 Å². The first-order valence-electron chi connectivity index (χ1n) is 7.90. The van der Waals surface area contributed by atoms with Crippen LogP contribution in [-0.2, 0) is 11.0 Å². The second-order valence-corrected chi connectivity index (χ2v) is 6.15. The first-order chi connectivity index (χ1) is 10.7. The van der Waals surface area contributed by atoms with Gasteiger partial charge in [0.15, 0.2) is 5.69 Å². The van der Waals surface area contributed by atoms with Crippen LogP contribution < -0.4 is 5.73 Å². The molecule has 23 heavy (non-hydrogen) atoms. The zero-order chi connectivity index (χ0) is 17.2. The third-order valence-corrected chi connectivity index (χ3v) is 4.59. The highest BCUT2D eigenvalue weighted by Crippen LogP contribution is 2.29. The molecule has 1 saturated heterocycles. The van der Waals surface area contributed by atoms with E-state index in [0.29, 0.717) is 25.9 Å². The predicted octanol–water partition coefficient (Wildman–Crippen LogP) is 2.44. The van der Waals surface area contributed by atoms with Crippen molar-refractivity contribution >= 4 is 5.91 Å². The summed E-state index contributed by atoms with van der Waals surface area (Å²) in [6, 6.07) is 0.351. The largest absolute Gasteiger partial charge is 0.435 e. The van der Waals surface area contributed by atoms with Crippen molar-refractivity contribution in [3.8, 4) is 0 Å². The summed E-state index contributed by atoms with van der Waals surface area (Å²) in [5.41, 5.74) is 5.09. The molecule has 0 spiro atoms. The molecule has 0 aromatic carbocycles. The van der Waals surface area contributed by atoms with Gasteiger partial charge < -0.3 is 10.6 Å². The number of piperidine rings is 1. The molecule has 5 nitrogen and oxygen atoms in total. The Hall–Kier alpha value is -1.57. The summed E-state index contributed by atoms with van der Waals surface area (Å²) in [5, 5.41) is 3.62. The average Bonchev–Trinajstić information content (AvgIpc) is 3.03. The van der Waals surface area contributed by atoms with Crippen molar-refractivity contribution in [2.24, 2.45) is 11.7 Å². The van der Waals surface area contributed by atoms with Gasteiger partial charge in [0.05, 0.1) is 12.1 Å². The molecular weight excluding hydrogens is 309 g/mol. The van der Waals surface area contributed by atoms with Gasteiger partial charge in [0.25, 0.3) is 0 Å². The monoisotopic (exact) mass is 332 g/mol. The molecule has 1 aliphatic rings. The number of nitrogens with zero attached hydrogens (tertiary/aromatic N) is 3. The minimum Gasteiger partial charge on any atom is -0.341 e. The lowest BCUT2D eigenvalue weighted by Crippen LogP contribution is -2.49. The minimum atomic E-state index is -4.43. The third kappa shape index (κ3) is 4.04. The maximum Gasteiger partial charge on any atom is 0.435 e. The van der Waals surface area contributed by atoms with Crippen LogP contribution in [0, 0.1) is 5.92 Å². The molecule has 2 heterocycles. The van der Waals surface area contributed by atoms with E-state index in [1.807, 2.05) is 13.8 Å². The van der Waals surface area contributed by atoms with Crippen LogP contribution in [0.1, 0.15) is 44.8 Å². The Morgan fingerprint density at radius 2 is 2.04 bits per heavy atom. The number of alkyl halides is 3. The molecule has 1 fully saturated rings. The highest BCUT2D eigenvalue weighted by molar-refractivity contribution is 5.82. The van der Waals surface area contributed by atoms with Gasteiger partial charge in [-0.3, -0.25) is 9.48 Å². The molecule has 1 amide bonds. The van der Waals surface area contributed by atoms with Gasteiger partial charge in [-0.1, -0.05) is 20.3 Å². The van der Waals surface area contributed by atoms with Gasteiger partial charge in [-0.25, -0.2) is 0 Å². The summed E-state index contributed by atoms with van der Waals surface area (Å²) in [6.07, 6.45) is -1.08. The van der Waals surface area contributed by atoms with Gasteiger partial charge >= 0.3 is 6.18 Å². The molecule has 0 bridgehead atoms. The van der Waals surface area contributed by atoms with Crippen LogP contribution in [0.5, 0.6) is 0 Å². The van der Waals surface area contributed by atoms with E-state index in [1.54, 1.807) is 4.90 Å². The number of nitrogens with two attached hydrogens (primary N) is 1. The molecule has 1 aromatic heterocycles. The molecule has 2 rings (SSSR count). The molecule has 1 aromatic rings. The van der Waals surface area contributed by atoms with Crippen LogP contribution in [0.2, 0.25) is 0 Å². The van der Waals surface area contributed by atoms with E-state index < -0.39 is 17.9 Å². The Bertz CT molecular complexity index is 535. The number of amides is 1. The minimum absolute atomic E-state index is 0.0748. The van der Waals surface area contributed by atoms with E-state index in [9.17, 15) is 18.0 Å². The highest BCUT2D eigenvalue weighted by atomic mass is 19.4. The molecule has 2 atom stereocenters. The van der Waals surface area contributed by atoms with Crippen molar-refractivity contribution in [1.82, 2.24) is 14.7 Å². The first-order valence-corrected chi connectivity index (χ1v) is 7.90. The Morgan fingerprint density at radius 1 is 1.43 bits per heavy atom. The number of carbonyl (C=O) groups excluding carboxylic acids is 1. The van der Waals surface area contributed by atoms with Crippen LogP contribution in [0.3, 0.4) is 0 Å². The lowest BCUT2D eigenvalue weighted by atomic mass is 9.97. The Labute approximate surface area is 133 Å². The molecular formula is C15H23F3N4O. The van der Waals surface area contributed by atoms with E-state index >= 15 is 0 Å². The molecule has 0 aliphatic carbocycles. The molecule has 0 saturated carbocycles. The van der Waals surface area contributed by atoms with Gasteiger partial charge in [-0.2, -0.15) is 18.3 Å². The van der Waals surface area contributed by atoms with Crippen molar-refractivity contribution in [2.45, 2.75) is 51.4 Å². The van der Waals surface area contributed by atoms with E-state index in [-0.39, 0.29) is 17.9 Å². The van der Waals surface area contributed by atoms with E-state index in [2.05, 4.69) is 5.10 Å². The maximum atomic E-state index is 12.6. The van der Waals surface area contributed by atoms with Crippen LogP contribution in [0.25, 0.3) is 0 Å². The number of hydrogen-bond donors (Lipinski definition) is 1. The standard InChI is InChI=1S/C15H23F3N4O/c1-3-10(2)13(19)14(23)21-7-4-11(5-8-21)22-9-6-12(20-22)15(16,17)18/h6,9-11,13H,3-5,7-8,19H2,1-2H3. The smallest absolute Gasteiger partial charge is 0.341 e. The topological polar surface area (TPSA) is 64.2 Å². The summed E-state index contributed by atoms with van der Waals surface area (Å²) in [4.78, 5) is 14.0. The maximum absolute atomic E-state index is 12.6. The Kier molecular flexibility index (Phi) is 5.33. The van der Waals surface area contributed by atoms with Gasteiger partial charge in [-0.15, -0.1) is 0 Å². The molecule has 130 valence electrons. The molecule has 8 heteroatoms. The number of hydrogen-bond acceptors (Lipinski definition) is 3. The van der Waals surface area contributed by atoms with E-state index in [0.717, 1.165) is 12.5 Å².